The number of aromatic nitrogens is 15. The van der Waals surface area contributed by atoms with E-state index in [4.69, 9.17) is 83.5 Å². The van der Waals surface area contributed by atoms with Gasteiger partial charge in [0.2, 0.25) is 0 Å². The van der Waals surface area contributed by atoms with Crippen molar-refractivity contribution in [1.82, 2.24) is 72.9 Å². The number of carbonyl (C=O) groups excluding carboxylic acids is 2. The Labute approximate surface area is 878 Å². The Hall–Kier alpha value is -13.3. The molecule has 12 aromatic heterocycles. The third kappa shape index (κ3) is 26.1. The van der Waals surface area contributed by atoms with Crippen molar-refractivity contribution in [3.8, 4) is 119 Å². The minimum atomic E-state index is -1.35. The molecule has 18 aromatic rings. The molecule has 6 aromatic carbocycles. The second-order valence-electron chi connectivity index (χ2n) is 43.2. The highest BCUT2D eigenvalue weighted by molar-refractivity contribution is 9.11. The van der Waals surface area contributed by atoms with Gasteiger partial charge < -0.3 is 63.1 Å². The average molecular weight is 2180 g/mol. The van der Waals surface area contributed by atoms with E-state index in [1.807, 2.05) is 293 Å². The van der Waals surface area contributed by atoms with Gasteiger partial charge in [-0.15, -0.1) is 0 Å². The molecule has 147 heavy (non-hydrogen) atoms. The molecule has 0 spiro atoms. The Morgan fingerprint density at radius 2 is 0.755 bits per heavy atom. The van der Waals surface area contributed by atoms with Crippen LogP contribution >= 0.6 is 31.9 Å². The second-order valence-corrected chi connectivity index (χ2v) is 67.3. The number of hydrogen-bond acceptors (Lipinski definition) is 23. The molecule has 0 saturated heterocycles. The van der Waals surface area contributed by atoms with E-state index in [1.165, 1.54) is 0 Å². The molecule has 29 nitrogen and oxygen atoms in total. The van der Waals surface area contributed by atoms with Gasteiger partial charge in [-0.2, -0.15) is 28.8 Å². The summed E-state index contributed by atoms with van der Waals surface area (Å²) in [6, 6.07) is 71.5. The highest BCUT2D eigenvalue weighted by Crippen LogP contribution is 2.44. The Kier molecular flexibility index (Phi) is 32.7. The Balaban J connectivity index is 0.000000162. The zero-order valence-electron chi connectivity index (χ0n) is 87.6. The summed E-state index contributed by atoms with van der Waals surface area (Å²) >= 11 is 7.61. The van der Waals surface area contributed by atoms with E-state index in [2.05, 4.69) is 130 Å². The lowest BCUT2D eigenvalue weighted by molar-refractivity contribution is 0.0535. The number of methoxy groups -OCH3 is 3. The molecule has 0 unspecified atom stereocenters. The molecule has 0 amide bonds. The van der Waals surface area contributed by atoms with E-state index >= 15 is 0 Å². The first-order valence-corrected chi connectivity index (χ1v) is 65.6. The third-order valence-electron chi connectivity index (χ3n) is 24.4. The van der Waals surface area contributed by atoms with Gasteiger partial charge in [0.1, 0.15) is 78.4 Å². The Morgan fingerprint density at radius 1 is 0.381 bits per heavy atom. The van der Waals surface area contributed by atoms with Crippen molar-refractivity contribution in [3.05, 3.63) is 252 Å². The fraction of sp³-hybridized carbons (Fsp3) is 0.312. The molecule has 12 heterocycles. The van der Waals surface area contributed by atoms with Crippen LogP contribution in [0.25, 0.3) is 151 Å². The van der Waals surface area contributed by atoms with E-state index in [1.54, 1.807) is 41.2 Å². The van der Waals surface area contributed by atoms with E-state index in [-0.39, 0.29) is 26.9 Å². The van der Waals surface area contributed by atoms with E-state index in [0.29, 0.717) is 121 Å². The zero-order chi connectivity index (χ0) is 105. The maximum Gasteiger partial charge on any atom is 0.419 e. The maximum absolute atomic E-state index is 14.2. The lowest BCUT2D eigenvalue weighted by Crippen LogP contribution is -2.33. The SMILES string of the molecule is COc1ccc2[nH]c(-c3nc4c(-c5ccc(-c6ccccc6)nc5)cnn4c(N)c3Br)cc2c1.COc1ccc2c(c1)cc(-c1cc(N(COCC[Si](C)(C)C)COCC[Si](C)(C)C)n3ncc(-c4ccc(-c5ccccc5)nc4)c3n1)n2C(=O)OC(C)(C)C.COc1ccc2c(c1)cc(-c1nc3c(-c4ccc(-c5ccccc5)nc4)cnn3c(N(COCC[Si](C)(C)C)COCC[Si](C)(C)C)c1Br)n2C(=O)OC(C)(C)C. The van der Waals surface area contributed by atoms with Gasteiger partial charge in [0.15, 0.2) is 22.8 Å². The molecule has 0 fully saturated rings. The number of pyridine rings is 3. The second kappa shape index (κ2) is 45.2. The summed E-state index contributed by atoms with van der Waals surface area (Å²) < 4.78 is 63.8. The predicted octanol–water partition coefficient (Wildman–Crippen LogP) is 27.3. The standard InChI is InChI=1S/C43H55BrN6O5Si2.C43H56N6O5Si2.C26H19BrN6O/c1-43(2,3)55-42(51)49-36-19-17-33(52-4)24-32(36)25-37(49)39-38(44)41(48(28-53-20-22-56(5,6)7)29-54-21-23-57(8,9)10)50-40(47-39)34(27-46-50)31-16-18-35(45-26-31)30-14-12-11-13-15-30;1-43(2,3)54-42(50)48-38-19-17-34(51-4)24-33(38)25-39(48)37-26-40(47(29-52-20-22-55(5,6)7)30-53-21-23-56(8,9)10)49-41(46-37)35(28-45-49)32-16-18-36(44-27-32)31-14-12-11-13-15-31;1-34-18-8-10-21-17(11-18)12-22(31-21)24-23(27)25(28)33-26(32-24)19(14-30-33)16-7-9-20(29-13-16)15-5-3-2-4-6-15/h11-19,24-27H,20-23,28-29H2,1-10H3;11-19,24-28H,20-23,29-30H2,1-10H3;2-14,31H,28H2,1H3. The van der Waals surface area contributed by atoms with Crippen LogP contribution < -0.4 is 29.7 Å². The molecule has 0 saturated carbocycles. The zero-order valence-corrected chi connectivity index (χ0v) is 94.7. The maximum atomic E-state index is 14.2. The van der Waals surface area contributed by atoms with Crippen molar-refractivity contribution >= 4 is 143 Å². The summed E-state index contributed by atoms with van der Waals surface area (Å²) in [5.74, 6) is 4.00. The Morgan fingerprint density at radius 3 is 1.16 bits per heavy atom. The van der Waals surface area contributed by atoms with Gasteiger partial charge in [0.05, 0.1) is 99.8 Å². The molecule has 0 radical (unpaired) electrons. The number of ether oxygens (including phenoxy) is 9. The fourth-order valence-corrected chi connectivity index (χ4v) is 20.6. The number of nitrogens with zero attached hydrogens (tertiary/aromatic N) is 16. The highest BCUT2D eigenvalue weighted by Gasteiger charge is 2.33. The lowest BCUT2D eigenvalue weighted by Gasteiger charge is -2.28. The predicted molar refractivity (Wildman–Crippen MR) is 608 cm³/mol. The van der Waals surface area contributed by atoms with Gasteiger partial charge in [-0.1, -0.05) is 188 Å². The van der Waals surface area contributed by atoms with Crippen molar-refractivity contribution in [3.63, 3.8) is 0 Å². The number of fused-ring (bicyclic) bond motifs is 6. The highest BCUT2D eigenvalue weighted by atomic mass is 79.9. The number of nitrogen functional groups attached to an aromatic ring is 1. The van der Waals surface area contributed by atoms with Crippen LogP contribution in [0.5, 0.6) is 17.2 Å². The van der Waals surface area contributed by atoms with E-state index in [0.717, 1.165) is 124 Å². The van der Waals surface area contributed by atoms with Crippen LogP contribution in [-0.2, 0) is 28.4 Å². The largest absolute Gasteiger partial charge is 0.497 e. The minimum absolute atomic E-state index is 0.253. The molecule has 0 atom stereocenters. The van der Waals surface area contributed by atoms with Crippen molar-refractivity contribution in [2.75, 3.05) is 90.2 Å². The van der Waals surface area contributed by atoms with Gasteiger partial charge in [0.25, 0.3) is 0 Å². The molecule has 764 valence electrons. The van der Waals surface area contributed by atoms with Crippen LogP contribution in [0, 0.1) is 0 Å². The first-order valence-electron chi connectivity index (χ1n) is 49.2. The summed E-state index contributed by atoms with van der Waals surface area (Å²) in [7, 11) is -0.468. The number of nitrogens with one attached hydrogen (secondary N) is 1. The third-order valence-corrected chi connectivity index (χ3v) is 32.8. The molecular weight excluding hydrogens is 2050 g/mol. The molecule has 3 N–H and O–H groups in total. The van der Waals surface area contributed by atoms with Crippen LogP contribution in [0.2, 0.25) is 103 Å². The summed E-state index contributed by atoms with van der Waals surface area (Å²) in [5.41, 5.74) is 23.6. The molecule has 35 heteroatoms. The monoisotopic (exact) mass is 2170 g/mol. The summed E-state index contributed by atoms with van der Waals surface area (Å²) in [4.78, 5) is 65.6. The van der Waals surface area contributed by atoms with Crippen LogP contribution in [0.4, 0.5) is 27.0 Å². The van der Waals surface area contributed by atoms with Crippen LogP contribution in [0.15, 0.2) is 252 Å². The van der Waals surface area contributed by atoms with E-state index < -0.39 is 55.7 Å². The number of rotatable bonds is 34. The van der Waals surface area contributed by atoms with Gasteiger partial charge in [-0.05, 0) is 189 Å². The molecule has 0 aliphatic carbocycles. The van der Waals surface area contributed by atoms with Crippen LogP contribution in [0.3, 0.4) is 0 Å². The molecule has 18 rings (SSSR count). The van der Waals surface area contributed by atoms with Gasteiger partial charge in [0, 0.05) is 155 Å². The smallest absolute Gasteiger partial charge is 0.419 e. The number of aromatic amines is 1. The number of benzene rings is 6. The van der Waals surface area contributed by atoms with Crippen molar-refractivity contribution in [2.24, 2.45) is 0 Å². The summed E-state index contributed by atoms with van der Waals surface area (Å²) in [6.07, 6.45) is 9.91. The molecule has 0 aliphatic heterocycles. The lowest BCUT2D eigenvalue weighted by atomic mass is 10.1. The number of anilines is 3. The number of carbonyl (C=O) groups is 2. The van der Waals surface area contributed by atoms with Crippen LogP contribution in [0.1, 0.15) is 41.5 Å². The fourth-order valence-electron chi connectivity index (χ4n) is 16.4. The van der Waals surface area contributed by atoms with Gasteiger partial charge in [-0.3, -0.25) is 15.0 Å². The normalized spacial score (nSPS) is 12.2. The number of halogens is 2. The number of nitrogens with two attached hydrogens (primary N) is 1. The van der Waals surface area contributed by atoms with Crippen molar-refractivity contribution < 1.29 is 52.2 Å². The van der Waals surface area contributed by atoms with E-state index in [9.17, 15) is 9.59 Å². The Bertz CT molecular complexity index is 7630. The topological polar surface area (TPSA) is 305 Å². The number of H-pyrrole nitrogens is 1. The van der Waals surface area contributed by atoms with Gasteiger partial charge in [-0.25, -0.2) is 33.7 Å². The van der Waals surface area contributed by atoms with Crippen LogP contribution in [-0.4, -0.2) is 203 Å². The van der Waals surface area contributed by atoms with Crippen molar-refractivity contribution in [2.45, 2.75) is 155 Å². The minimum Gasteiger partial charge on any atom is -0.497 e. The average Bonchev–Trinajstić information content (AvgIpc) is 1.60. The molecule has 0 aliphatic rings. The number of hydrogen-bond donors (Lipinski definition) is 2. The summed E-state index contributed by atoms with van der Waals surface area (Å²) in [6.45, 7) is 42.9. The quantitative estimate of drug-likeness (QED) is 0.0215. The van der Waals surface area contributed by atoms with Crippen molar-refractivity contribution in [1.29, 1.82) is 0 Å². The van der Waals surface area contributed by atoms with Gasteiger partial charge >= 0.3 is 12.2 Å². The molecule has 0 bridgehead atoms. The summed E-state index contributed by atoms with van der Waals surface area (Å²) in [5, 5.41) is 17.0. The molecular formula is C112H130Br2N18O11Si4. The first-order chi connectivity index (χ1) is 70.0. The first kappa shape index (κ1) is 106.